The van der Waals surface area contributed by atoms with E-state index in [1.165, 1.54) is 0 Å². The molecule has 24 heavy (non-hydrogen) atoms. The lowest BCUT2D eigenvalue weighted by Gasteiger charge is -2.14. The predicted molar refractivity (Wildman–Crippen MR) is 92.6 cm³/mol. The number of hydrogen-bond acceptors (Lipinski definition) is 4. The summed E-state index contributed by atoms with van der Waals surface area (Å²) in [5, 5.41) is 0. The number of amides is 1. The van der Waals surface area contributed by atoms with Gasteiger partial charge in [0.15, 0.2) is 6.61 Å². The Morgan fingerprint density at radius 2 is 1.62 bits per heavy atom. The van der Waals surface area contributed by atoms with Gasteiger partial charge in [-0.15, -0.1) is 0 Å². The highest BCUT2D eigenvalue weighted by Gasteiger charge is 2.20. The topological polar surface area (TPSA) is 98.5 Å². The highest BCUT2D eigenvalue weighted by Crippen LogP contribution is 2.25. The second-order valence-corrected chi connectivity index (χ2v) is 7.23. The van der Waals surface area contributed by atoms with Gasteiger partial charge in [0, 0.05) is 5.69 Å². The third kappa shape index (κ3) is 4.26. The number of hydrogen-bond donors (Lipinski definition) is 2. The summed E-state index contributed by atoms with van der Waals surface area (Å²) in [4.78, 5) is 11.0. The normalized spacial score (nSPS) is 11.1. The van der Waals surface area contributed by atoms with Gasteiger partial charge in [0.1, 0.15) is 5.75 Å². The molecule has 0 aliphatic rings. The van der Waals surface area contributed by atoms with Gasteiger partial charge in [0.2, 0.25) is 0 Å². The molecule has 2 aromatic carbocycles. The van der Waals surface area contributed by atoms with Crippen LogP contribution in [0, 0.1) is 20.8 Å². The van der Waals surface area contributed by atoms with E-state index in [0.29, 0.717) is 22.6 Å². The summed E-state index contributed by atoms with van der Waals surface area (Å²) in [6, 6.07) is 9.93. The van der Waals surface area contributed by atoms with Gasteiger partial charge < -0.3 is 10.5 Å². The van der Waals surface area contributed by atoms with Crippen molar-refractivity contribution >= 4 is 21.6 Å². The van der Waals surface area contributed by atoms with Gasteiger partial charge in [-0.05, 0) is 56.2 Å². The molecule has 0 spiro atoms. The fourth-order valence-electron chi connectivity index (χ4n) is 2.57. The first kappa shape index (κ1) is 17.8. The molecule has 1 amide bonds. The van der Waals surface area contributed by atoms with Crippen LogP contribution >= 0.6 is 0 Å². The van der Waals surface area contributed by atoms with E-state index in [1.54, 1.807) is 38.1 Å². The number of nitrogens with two attached hydrogens (primary N) is 1. The second kappa shape index (κ2) is 6.92. The molecule has 0 aliphatic heterocycles. The molecular formula is C17H20N2O4S. The number of ether oxygens (including phenoxy) is 1. The molecule has 2 aromatic rings. The van der Waals surface area contributed by atoms with E-state index >= 15 is 0 Å². The molecule has 6 nitrogen and oxygen atoms in total. The number of primary amides is 1. The monoisotopic (exact) mass is 348 g/mol. The minimum Gasteiger partial charge on any atom is -0.484 e. The Hall–Kier alpha value is -2.54. The molecule has 0 radical (unpaired) electrons. The minimum absolute atomic E-state index is 0.229. The molecule has 0 saturated carbocycles. The Morgan fingerprint density at radius 1 is 1.08 bits per heavy atom. The van der Waals surface area contributed by atoms with Crippen LogP contribution in [0.4, 0.5) is 5.69 Å². The Labute approximate surface area is 141 Å². The lowest BCUT2D eigenvalue weighted by atomic mass is 10.1. The van der Waals surface area contributed by atoms with Crippen LogP contribution in [-0.4, -0.2) is 20.9 Å². The number of rotatable bonds is 6. The van der Waals surface area contributed by atoms with Crippen molar-refractivity contribution < 1.29 is 17.9 Å². The maximum Gasteiger partial charge on any atom is 0.262 e. The van der Waals surface area contributed by atoms with Gasteiger partial charge in [-0.2, -0.15) is 0 Å². The molecule has 0 saturated heterocycles. The number of nitrogens with one attached hydrogen (secondary N) is 1. The van der Waals surface area contributed by atoms with Crippen molar-refractivity contribution in [2.45, 2.75) is 25.7 Å². The lowest BCUT2D eigenvalue weighted by molar-refractivity contribution is -0.119. The highest BCUT2D eigenvalue weighted by atomic mass is 32.2. The molecule has 0 fully saturated rings. The summed E-state index contributed by atoms with van der Waals surface area (Å²) >= 11 is 0. The van der Waals surface area contributed by atoms with Crippen molar-refractivity contribution in [2.24, 2.45) is 5.73 Å². The summed E-state index contributed by atoms with van der Waals surface area (Å²) in [6.07, 6.45) is 0. The Balaban J connectivity index is 2.22. The average Bonchev–Trinajstić information content (AvgIpc) is 2.44. The molecule has 0 aromatic heterocycles. The zero-order chi connectivity index (χ0) is 17.9. The average molecular weight is 348 g/mol. The van der Waals surface area contributed by atoms with E-state index in [0.717, 1.165) is 5.56 Å². The van der Waals surface area contributed by atoms with Crippen molar-refractivity contribution in [2.75, 3.05) is 11.3 Å². The van der Waals surface area contributed by atoms with Gasteiger partial charge in [0.05, 0.1) is 4.90 Å². The van der Waals surface area contributed by atoms with E-state index in [4.69, 9.17) is 10.5 Å². The summed E-state index contributed by atoms with van der Waals surface area (Å²) < 4.78 is 33.0. The number of carbonyl (C=O) groups excluding carboxylic acids is 1. The van der Waals surface area contributed by atoms with E-state index in [2.05, 4.69) is 4.72 Å². The van der Waals surface area contributed by atoms with E-state index in [-0.39, 0.29) is 11.5 Å². The van der Waals surface area contributed by atoms with Crippen LogP contribution < -0.4 is 15.2 Å². The Kier molecular flexibility index (Phi) is 5.14. The molecule has 0 bridgehead atoms. The smallest absolute Gasteiger partial charge is 0.262 e. The highest BCUT2D eigenvalue weighted by molar-refractivity contribution is 7.92. The summed E-state index contributed by atoms with van der Waals surface area (Å²) in [5.74, 6) is -0.149. The molecule has 3 N–H and O–H groups in total. The third-order valence-electron chi connectivity index (χ3n) is 3.36. The van der Waals surface area contributed by atoms with Crippen LogP contribution in [0.25, 0.3) is 0 Å². The molecule has 0 aliphatic carbocycles. The quantitative estimate of drug-likeness (QED) is 0.836. The van der Waals surface area contributed by atoms with Crippen LogP contribution in [-0.2, 0) is 14.8 Å². The molecule has 0 unspecified atom stereocenters. The molecule has 128 valence electrons. The summed E-state index contributed by atoms with van der Waals surface area (Å²) in [7, 11) is -3.69. The van der Waals surface area contributed by atoms with Crippen molar-refractivity contribution in [1.29, 1.82) is 0 Å². The number of aryl methyl sites for hydroxylation is 3. The molecule has 0 heterocycles. The zero-order valence-corrected chi connectivity index (χ0v) is 14.6. The Bertz CT molecular complexity index is 836. The van der Waals surface area contributed by atoms with E-state index in [1.807, 2.05) is 19.1 Å². The standard InChI is InChI=1S/C17H20N2O4S/c1-11-8-12(2)17(13(3)9-11)24(21,22)19-14-4-6-15(7-5-14)23-10-16(18)20/h4-9,19H,10H2,1-3H3,(H2,18,20). The maximum absolute atomic E-state index is 12.7. The van der Waals surface area contributed by atoms with Gasteiger partial charge >= 0.3 is 0 Å². The fourth-order valence-corrected chi connectivity index (χ4v) is 4.08. The minimum atomic E-state index is -3.69. The van der Waals surface area contributed by atoms with Crippen LogP contribution in [0.15, 0.2) is 41.3 Å². The molecule has 7 heteroatoms. The number of sulfonamides is 1. The van der Waals surface area contributed by atoms with Crippen molar-refractivity contribution in [3.8, 4) is 5.75 Å². The largest absolute Gasteiger partial charge is 0.484 e. The van der Waals surface area contributed by atoms with Crippen LogP contribution in [0.5, 0.6) is 5.75 Å². The first-order valence-corrected chi connectivity index (χ1v) is 8.79. The van der Waals surface area contributed by atoms with Gasteiger partial charge in [-0.3, -0.25) is 9.52 Å². The first-order chi connectivity index (χ1) is 11.2. The van der Waals surface area contributed by atoms with E-state index < -0.39 is 15.9 Å². The van der Waals surface area contributed by atoms with Crippen LogP contribution in [0.1, 0.15) is 16.7 Å². The molecule has 0 atom stereocenters. The van der Waals surface area contributed by atoms with E-state index in [9.17, 15) is 13.2 Å². The summed E-state index contributed by atoms with van der Waals surface area (Å²) in [6.45, 7) is 5.24. The zero-order valence-electron chi connectivity index (χ0n) is 13.8. The second-order valence-electron chi connectivity index (χ2n) is 5.61. The molecular weight excluding hydrogens is 328 g/mol. The number of anilines is 1. The van der Waals surface area contributed by atoms with Crippen molar-refractivity contribution in [3.05, 3.63) is 53.1 Å². The van der Waals surface area contributed by atoms with Gasteiger partial charge in [0.25, 0.3) is 15.9 Å². The number of benzene rings is 2. The SMILES string of the molecule is Cc1cc(C)c(S(=O)(=O)Nc2ccc(OCC(N)=O)cc2)c(C)c1. The van der Waals surface area contributed by atoms with Gasteiger partial charge in [-0.1, -0.05) is 17.7 Å². The van der Waals surface area contributed by atoms with Crippen LogP contribution in [0.2, 0.25) is 0 Å². The third-order valence-corrected chi connectivity index (χ3v) is 5.05. The first-order valence-electron chi connectivity index (χ1n) is 7.31. The molecule has 2 rings (SSSR count). The summed E-state index contributed by atoms with van der Waals surface area (Å²) in [5.41, 5.74) is 7.81. The lowest BCUT2D eigenvalue weighted by Crippen LogP contribution is -2.20. The maximum atomic E-state index is 12.7. The van der Waals surface area contributed by atoms with Crippen molar-refractivity contribution in [1.82, 2.24) is 0 Å². The fraction of sp³-hybridized carbons (Fsp3) is 0.235. The van der Waals surface area contributed by atoms with Crippen molar-refractivity contribution in [3.63, 3.8) is 0 Å². The predicted octanol–water partition coefficient (Wildman–Crippen LogP) is 2.28. The van der Waals surface area contributed by atoms with Crippen LogP contribution in [0.3, 0.4) is 0 Å². The number of carbonyl (C=O) groups is 1. The van der Waals surface area contributed by atoms with Gasteiger partial charge in [-0.25, -0.2) is 8.42 Å². The Morgan fingerprint density at radius 3 is 2.12 bits per heavy atom.